The fraction of sp³-hybridized carbons (Fsp3) is 0.0909. The third-order valence-electron chi connectivity index (χ3n) is 4.03. The molecule has 124 valence electrons. The largest absolute Gasteiger partial charge is 0.288 e. The second-order valence-corrected chi connectivity index (χ2v) is 6.46. The van der Waals surface area contributed by atoms with Crippen molar-refractivity contribution in [3.8, 4) is 0 Å². The molecule has 4 rings (SSSR count). The molecule has 0 amide bonds. The van der Waals surface area contributed by atoms with Gasteiger partial charge in [-0.15, -0.1) is 0 Å². The summed E-state index contributed by atoms with van der Waals surface area (Å²) >= 11 is 1.59. The average Bonchev–Trinajstić information content (AvgIpc) is 2.93. The Labute approximate surface area is 152 Å². The maximum absolute atomic E-state index is 12.8. The van der Waals surface area contributed by atoms with Gasteiger partial charge in [0.25, 0.3) is 0 Å². The highest BCUT2D eigenvalue weighted by Gasteiger charge is 2.36. The van der Waals surface area contributed by atoms with Gasteiger partial charge < -0.3 is 0 Å². The predicted molar refractivity (Wildman–Crippen MR) is 104 cm³/mol. The van der Waals surface area contributed by atoms with Crippen LogP contribution in [0.25, 0.3) is 5.57 Å². The molecule has 0 fully saturated rings. The van der Waals surface area contributed by atoms with E-state index in [9.17, 15) is 9.59 Å². The smallest absolute Gasteiger partial charge is 0.198 e. The van der Waals surface area contributed by atoms with Crippen LogP contribution in [0.3, 0.4) is 0 Å². The Kier molecular flexibility index (Phi) is 4.86. The van der Waals surface area contributed by atoms with E-state index in [0.29, 0.717) is 16.7 Å². The number of thioether (sulfide) groups is 1. The average molecular weight is 346 g/mol. The summed E-state index contributed by atoms with van der Waals surface area (Å²) in [6.07, 6.45) is 3.63. The highest BCUT2D eigenvalue weighted by Crippen LogP contribution is 2.43. The summed E-state index contributed by atoms with van der Waals surface area (Å²) in [5, 5.41) is 0. The molecular weight excluding hydrogens is 328 g/mol. The second kappa shape index (κ2) is 7.08. The van der Waals surface area contributed by atoms with Crippen LogP contribution in [-0.2, 0) is 0 Å². The summed E-state index contributed by atoms with van der Waals surface area (Å²) in [4.78, 5) is 27.5. The molecule has 2 aromatic carbocycles. The molecule has 2 aliphatic rings. The van der Waals surface area contributed by atoms with Crippen LogP contribution in [0.4, 0.5) is 0 Å². The number of Topliss-reactive ketones (excluding diaryl/α,β-unsaturated/α-hetero) is 2. The summed E-state index contributed by atoms with van der Waals surface area (Å²) in [6, 6.07) is 14.8. The fourth-order valence-corrected chi connectivity index (χ4v) is 3.91. The van der Waals surface area contributed by atoms with Gasteiger partial charge >= 0.3 is 0 Å². The van der Waals surface area contributed by atoms with Crippen LogP contribution < -0.4 is 0 Å². The zero-order valence-electron chi connectivity index (χ0n) is 14.2. The quantitative estimate of drug-likeness (QED) is 0.489. The molecule has 25 heavy (non-hydrogen) atoms. The number of allylic oxidation sites excluding steroid dienone is 4. The molecule has 1 heterocycles. The van der Waals surface area contributed by atoms with Crippen LogP contribution in [0.2, 0.25) is 0 Å². The number of carbonyl (C=O) groups excluding carboxylic acids is 2. The van der Waals surface area contributed by atoms with Crippen molar-refractivity contribution in [3.05, 3.63) is 94.4 Å². The first kappa shape index (κ1) is 17.2. The molecule has 2 nitrogen and oxygen atoms in total. The molecule has 0 N–H and O–H groups in total. The molecule has 2 aromatic rings. The van der Waals surface area contributed by atoms with Crippen LogP contribution in [0.5, 0.6) is 0 Å². The fourth-order valence-electron chi connectivity index (χ4n) is 2.96. The Hall–Kier alpha value is -2.65. The van der Waals surface area contributed by atoms with E-state index >= 15 is 0 Å². The first-order valence-electron chi connectivity index (χ1n) is 8.25. The van der Waals surface area contributed by atoms with Crippen LogP contribution in [0.1, 0.15) is 40.1 Å². The van der Waals surface area contributed by atoms with Gasteiger partial charge in [0.05, 0.1) is 5.57 Å². The molecule has 3 heteroatoms. The first-order valence-corrected chi connectivity index (χ1v) is 9.06. The van der Waals surface area contributed by atoms with Crippen LogP contribution in [-0.4, -0.2) is 11.6 Å². The lowest BCUT2D eigenvalue weighted by Gasteiger charge is -2.18. The van der Waals surface area contributed by atoms with Gasteiger partial charge in [0.2, 0.25) is 0 Å². The van der Waals surface area contributed by atoms with Crippen LogP contribution in [0.15, 0.2) is 82.6 Å². The highest BCUT2D eigenvalue weighted by atomic mass is 32.2. The maximum atomic E-state index is 12.8. The lowest BCUT2D eigenvalue weighted by atomic mass is 9.95. The maximum Gasteiger partial charge on any atom is 0.198 e. The third-order valence-corrected chi connectivity index (χ3v) is 5.13. The Morgan fingerprint density at radius 2 is 1.36 bits per heavy atom. The van der Waals surface area contributed by atoms with Crippen molar-refractivity contribution < 1.29 is 9.59 Å². The molecule has 0 radical (unpaired) electrons. The van der Waals surface area contributed by atoms with Gasteiger partial charge in [-0.3, -0.25) is 9.59 Å². The minimum Gasteiger partial charge on any atom is -0.288 e. The van der Waals surface area contributed by atoms with Gasteiger partial charge in [-0.25, -0.2) is 0 Å². The lowest BCUT2D eigenvalue weighted by molar-refractivity contribution is 0.0990. The molecule has 1 aliphatic carbocycles. The molecule has 0 unspecified atom stereocenters. The van der Waals surface area contributed by atoms with Crippen molar-refractivity contribution in [2.24, 2.45) is 0 Å². The molecule has 1 aliphatic heterocycles. The monoisotopic (exact) mass is 346 g/mol. The predicted octanol–water partition coefficient (Wildman–Crippen LogP) is 5.72. The number of rotatable bonds is 1. The Morgan fingerprint density at radius 3 is 1.92 bits per heavy atom. The molecular formula is C22H18O2S. The van der Waals surface area contributed by atoms with Crippen molar-refractivity contribution in [1.82, 2.24) is 0 Å². The van der Waals surface area contributed by atoms with Crippen molar-refractivity contribution in [1.29, 1.82) is 0 Å². The van der Waals surface area contributed by atoms with Crippen LogP contribution in [0, 0.1) is 0 Å². The number of ketones is 2. The highest BCUT2D eigenvalue weighted by molar-refractivity contribution is 8.03. The van der Waals surface area contributed by atoms with E-state index < -0.39 is 0 Å². The third kappa shape index (κ3) is 2.81. The SMILES string of the molecule is C=CC1=CC(=C2C(=O)c3ccccc3C2=O)c2ccccc2S1.CC. The summed E-state index contributed by atoms with van der Waals surface area (Å²) in [7, 11) is 0. The van der Waals surface area contributed by atoms with Crippen molar-refractivity contribution in [2.75, 3.05) is 0 Å². The lowest BCUT2D eigenvalue weighted by Crippen LogP contribution is -2.06. The zero-order valence-corrected chi connectivity index (χ0v) is 15.0. The van der Waals surface area contributed by atoms with Gasteiger partial charge in [-0.2, -0.15) is 0 Å². The summed E-state index contributed by atoms with van der Waals surface area (Å²) in [6.45, 7) is 7.81. The number of fused-ring (bicyclic) bond motifs is 2. The molecule has 0 saturated carbocycles. The Bertz CT molecular complexity index is 911. The zero-order chi connectivity index (χ0) is 18.0. The van der Waals surface area contributed by atoms with Gasteiger partial charge in [-0.1, -0.05) is 80.7 Å². The molecule has 0 spiro atoms. The molecule has 0 bridgehead atoms. The normalized spacial score (nSPS) is 15.0. The summed E-state index contributed by atoms with van der Waals surface area (Å²) < 4.78 is 0. The first-order chi connectivity index (χ1) is 12.2. The van der Waals surface area contributed by atoms with E-state index in [1.165, 1.54) is 0 Å². The number of hydrogen-bond acceptors (Lipinski definition) is 3. The van der Waals surface area contributed by atoms with Gasteiger partial charge in [0.1, 0.15) is 0 Å². The molecule has 0 aromatic heterocycles. The molecule has 0 saturated heterocycles. The van der Waals surface area contributed by atoms with E-state index in [2.05, 4.69) is 6.58 Å². The number of hydrogen-bond donors (Lipinski definition) is 0. The minimum absolute atomic E-state index is 0.193. The summed E-state index contributed by atoms with van der Waals surface area (Å²) in [5.41, 5.74) is 2.86. The van der Waals surface area contributed by atoms with E-state index in [0.717, 1.165) is 15.4 Å². The van der Waals surface area contributed by atoms with Crippen molar-refractivity contribution in [3.63, 3.8) is 0 Å². The minimum atomic E-state index is -0.193. The molecule has 0 atom stereocenters. The van der Waals surface area contributed by atoms with E-state index in [1.54, 1.807) is 42.1 Å². The Morgan fingerprint density at radius 1 is 0.840 bits per heavy atom. The van der Waals surface area contributed by atoms with Crippen molar-refractivity contribution >= 4 is 28.9 Å². The van der Waals surface area contributed by atoms with E-state index in [1.807, 2.05) is 44.2 Å². The van der Waals surface area contributed by atoms with Gasteiger partial charge in [-0.05, 0) is 23.3 Å². The second-order valence-electron chi connectivity index (χ2n) is 5.34. The summed E-state index contributed by atoms with van der Waals surface area (Å²) in [5.74, 6) is -0.385. The number of benzene rings is 2. The van der Waals surface area contributed by atoms with E-state index in [-0.39, 0.29) is 17.1 Å². The van der Waals surface area contributed by atoms with E-state index in [4.69, 9.17) is 0 Å². The van der Waals surface area contributed by atoms with Crippen LogP contribution >= 0.6 is 11.8 Å². The van der Waals surface area contributed by atoms with Gasteiger partial charge in [0, 0.05) is 20.9 Å². The number of carbonyl (C=O) groups is 2. The van der Waals surface area contributed by atoms with Gasteiger partial charge in [0.15, 0.2) is 11.6 Å². The topological polar surface area (TPSA) is 34.1 Å². The standard InChI is InChI=1S/C20H12O2S.C2H6/c1-2-12-11-16(13-7-5-6-10-17(13)23-12)18-19(21)14-8-3-4-9-15(14)20(18)22;1-2/h2-11H,1H2;1-2H3. The Balaban J connectivity index is 0.000000880. The van der Waals surface area contributed by atoms with Crippen molar-refractivity contribution in [2.45, 2.75) is 18.7 Å².